The van der Waals surface area contributed by atoms with Crippen LogP contribution < -0.4 is 10.2 Å². The Bertz CT molecular complexity index is 1210. The largest absolute Gasteiger partial charge is 0.351 e. The molecule has 0 saturated heterocycles. The number of carbonyl (C=O) groups is 2. The molecular weight excluding hydrogens is 444 g/mol. The monoisotopic (exact) mass is 463 g/mol. The van der Waals surface area contributed by atoms with Gasteiger partial charge in [-0.2, -0.15) is 0 Å². The Morgan fingerprint density at radius 3 is 2.24 bits per heavy atom. The van der Waals surface area contributed by atoms with E-state index in [9.17, 15) is 18.4 Å². The maximum absolute atomic E-state index is 13.4. The minimum atomic E-state index is -0.420. The first-order chi connectivity index (χ1) is 16.0. The summed E-state index contributed by atoms with van der Waals surface area (Å²) in [4.78, 5) is 31.3. The number of halogens is 2. The summed E-state index contributed by atoms with van der Waals surface area (Å²) in [6.45, 7) is 0.256. The van der Waals surface area contributed by atoms with Gasteiger partial charge < -0.3 is 5.32 Å². The topological polar surface area (TPSA) is 61.8 Å². The van der Waals surface area contributed by atoms with E-state index in [0.29, 0.717) is 10.9 Å². The fraction of sp³-hybridized carbons (Fsp3) is 0.0800. The minimum absolute atomic E-state index is 0.0175. The molecule has 0 saturated carbocycles. The van der Waals surface area contributed by atoms with Gasteiger partial charge in [0.1, 0.15) is 17.3 Å². The van der Waals surface area contributed by atoms with Crippen molar-refractivity contribution in [1.29, 1.82) is 0 Å². The lowest BCUT2D eigenvalue weighted by Crippen LogP contribution is -2.32. The van der Waals surface area contributed by atoms with Crippen LogP contribution in [0.5, 0.6) is 0 Å². The molecule has 0 radical (unpaired) electrons. The number of rotatable bonds is 6. The van der Waals surface area contributed by atoms with Crippen molar-refractivity contribution in [1.82, 2.24) is 5.32 Å². The lowest BCUT2D eigenvalue weighted by atomic mass is 10.2. The Kier molecular flexibility index (Phi) is 6.95. The predicted octanol–water partition coefficient (Wildman–Crippen LogP) is 4.76. The molecule has 0 spiro atoms. The van der Waals surface area contributed by atoms with Crippen molar-refractivity contribution in [3.05, 3.63) is 107 Å². The SMILES string of the molecule is O=C(CSC1=NC(=Cc2ccccc2)C(=O)N1c1ccc(F)cc1)NCc1ccc(F)cc1. The van der Waals surface area contributed by atoms with Crippen LogP contribution in [0.25, 0.3) is 6.08 Å². The average Bonchev–Trinajstić information content (AvgIpc) is 3.13. The number of thioether (sulfide) groups is 1. The molecule has 166 valence electrons. The molecule has 0 aromatic heterocycles. The van der Waals surface area contributed by atoms with E-state index in [1.165, 1.54) is 41.3 Å². The second-order valence-corrected chi connectivity index (χ2v) is 8.09. The maximum atomic E-state index is 13.4. The summed E-state index contributed by atoms with van der Waals surface area (Å²) in [7, 11) is 0. The molecule has 8 heteroatoms. The lowest BCUT2D eigenvalue weighted by Gasteiger charge is -2.17. The second-order valence-electron chi connectivity index (χ2n) is 7.14. The van der Waals surface area contributed by atoms with Crippen LogP contribution in [-0.2, 0) is 16.1 Å². The van der Waals surface area contributed by atoms with Gasteiger partial charge in [-0.15, -0.1) is 0 Å². The number of carbonyl (C=O) groups excluding carboxylic acids is 2. The van der Waals surface area contributed by atoms with E-state index in [1.807, 2.05) is 30.3 Å². The average molecular weight is 464 g/mol. The molecule has 0 atom stereocenters. The molecule has 0 bridgehead atoms. The number of amidine groups is 1. The van der Waals surface area contributed by atoms with Gasteiger partial charge in [0.15, 0.2) is 5.17 Å². The van der Waals surface area contributed by atoms with Gasteiger partial charge in [0.05, 0.1) is 11.4 Å². The zero-order valence-electron chi connectivity index (χ0n) is 17.4. The molecule has 33 heavy (non-hydrogen) atoms. The molecule has 1 N–H and O–H groups in total. The van der Waals surface area contributed by atoms with Gasteiger partial charge in [-0.25, -0.2) is 13.8 Å². The summed E-state index contributed by atoms with van der Waals surface area (Å²) in [5.74, 6) is -1.37. The number of aliphatic imine (C=N–C) groups is 1. The fourth-order valence-corrected chi connectivity index (χ4v) is 3.94. The van der Waals surface area contributed by atoms with Gasteiger partial charge in [0.25, 0.3) is 5.91 Å². The summed E-state index contributed by atoms with van der Waals surface area (Å²) < 4.78 is 26.4. The molecule has 1 aliphatic rings. The number of hydrogen-bond donors (Lipinski definition) is 1. The van der Waals surface area contributed by atoms with Crippen molar-refractivity contribution in [3.63, 3.8) is 0 Å². The van der Waals surface area contributed by atoms with Crippen molar-refractivity contribution in [3.8, 4) is 0 Å². The minimum Gasteiger partial charge on any atom is -0.351 e. The van der Waals surface area contributed by atoms with Crippen LogP contribution in [0.1, 0.15) is 11.1 Å². The highest BCUT2D eigenvalue weighted by Crippen LogP contribution is 2.29. The molecule has 0 unspecified atom stereocenters. The smallest absolute Gasteiger partial charge is 0.283 e. The van der Waals surface area contributed by atoms with Gasteiger partial charge in [-0.05, 0) is 53.6 Å². The van der Waals surface area contributed by atoms with Gasteiger partial charge in [0, 0.05) is 6.54 Å². The first kappa shape index (κ1) is 22.4. The van der Waals surface area contributed by atoms with Crippen molar-refractivity contribution in [2.45, 2.75) is 6.54 Å². The third kappa shape index (κ3) is 5.72. The molecular formula is C25H19F2N3O2S. The van der Waals surface area contributed by atoms with E-state index in [4.69, 9.17) is 0 Å². The van der Waals surface area contributed by atoms with Crippen molar-refractivity contribution in [2.24, 2.45) is 4.99 Å². The van der Waals surface area contributed by atoms with E-state index >= 15 is 0 Å². The van der Waals surface area contributed by atoms with E-state index < -0.39 is 5.82 Å². The standard InChI is InChI=1S/C25H19F2N3O2S/c26-19-8-6-18(7-9-19)15-28-23(31)16-33-25-29-22(14-17-4-2-1-3-5-17)24(32)30(25)21-12-10-20(27)11-13-21/h1-14H,15-16H2,(H,28,31). The molecule has 4 rings (SSSR count). The maximum Gasteiger partial charge on any atom is 0.283 e. The van der Waals surface area contributed by atoms with Crippen LogP contribution in [0.15, 0.2) is 89.6 Å². The molecule has 2 amide bonds. The molecule has 5 nitrogen and oxygen atoms in total. The predicted molar refractivity (Wildman–Crippen MR) is 126 cm³/mol. The molecule has 1 aliphatic heterocycles. The Morgan fingerprint density at radius 2 is 1.58 bits per heavy atom. The van der Waals surface area contributed by atoms with Gasteiger partial charge in [0.2, 0.25) is 5.91 Å². The summed E-state index contributed by atoms with van der Waals surface area (Å²) in [6, 6.07) is 20.6. The third-order valence-corrected chi connectivity index (χ3v) is 5.69. The number of nitrogens with one attached hydrogen (secondary N) is 1. The van der Waals surface area contributed by atoms with Crippen molar-refractivity contribution < 1.29 is 18.4 Å². The Labute approximate surface area is 193 Å². The molecule has 3 aromatic rings. The first-order valence-corrected chi connectivity index (χ1v) is 11.1. The summed E-state index contributed by atoms with van der Waals surface area (Å²) >= 11 is 1.10. The number of benzene rings is 3. The van der Waals surface area contributed by atoms with E-state index in [-0.39, 0.29) is 35.6 Å². The third-order valence-electron chi connectivity index (χ3n) is 4.75. The number of hydrogen-bond acceptors (Lipinski definition) is 4. The van der Waals surface area contributed by atoms with Crippen LogP contribution in [0.4, 0.5) is 14.5 Å². The molecule has 1 heterocycles. The highest BCUT2D eigenvalue weighted by molar-refractivity contribution is 8.14. The Balaban J connectivity index is 1.49. The van der Waals surface area contributed by atoms with Crippen LogP contribution in [0, 0.1) is 11.6 Å². The number of anilines is 1. The van der Waals surface area contributed by atoms with Gasteiger partial charge >= 0.3 is 0 Å². The molecule has 3 aromatic carbocycles. The Hall–Kier alpha value is -3.78. The quantitative estimate of drug-likeness (QED) is 0.537. The molecule has 0 aliphatic carbocycles. The van der Waals surface area contributed by atoms with Crippen LogP contribution in [-0.4, -0.2) is 22.7 Å². The van der Waals surface area contributed by atoms with Crippen LogP contribution in [0.3, 0.4) is 0 Å². The van der Waals surface area contributed by atoms with E-state index in [0.717, 1.165) is 22.9 Å². The zero-order chi connectivity index (χ0) is 23.2. The highest BCUT2D eigenvalue weighted by atomic mass is 32.2. The lowest BCUT2D eigenvalue weighted by molar-refractivity contribution is -0.118. The van der Waals surface area contributed by atoms with Gasteiger partial charge in [-0.3, -0.25) is 14.5 Å². The van der Waals surface area contributed by atoms with Crippen molar-refractivity contribution in [2.75, 3.05) is 10.7 Å². The summed E-state index contributed by atoms with van der Waals surface area (Å²) in [5.41, 5.74) is 2.26. The Morgan fingerprint density at radius 1 is 0.939 bits per heavy atom. The van der Waals surface area contributed by atoms with Crippen molar-refractivity contribution >= 4 is 40.5 Å². The number of nitrogens with zero attached hydrogens (tertiary/aromatic N) is 2. The second kappa shape index (κ2) is 10.2. The van der Waals surface area contributed by atoms with E-state index in [2.05, 4.69) is 10.3 Å². The normalized spacial score (nSPS) is 14.5. The summed E-state index contributed by atoms with van der Waals surface area (Å²) in [5, 5.41) is 3.09. The summed E-state index contributed by atoms with van der Waals surface area (Å²) in [6.07, 6.45) is 1.67. The fourth-order valence-electron chi connectivity index (χ4n) is 3.10. The first-order valence-electron chi connectivity index (χ1n) is 10.1. The van der Waals surface area contributed by atoms with E-state index in [1.54, 1.807) is 18.2 Å². The number of amides is 2. The zero-order valence-corrected chi connectivity index (χ0v) is 18.2. The highest BCUT2D eigenvalue weighted by Gasteiger charge is 2.32. The van der Waals surface area contributed by atoms with Crippen LogP contribution in [0.2, 0.25) is 0 Å². The van der Waals surface area contributed by atoms with Crippen LogP contribution >= 0.6 is 11.8 Å². The van der Waals surface area contributed by atoms with Gasteiger partial charge in [-0.1, -0.05) is 54.2 Å². The molecule has 0 fully saturated rings.